The fourth-order valence-corrected chi connectivity index (χ4v) is 5.44. The van der Waals surface area contributed by atoms with E-state index in [-0.39, 0.29) is 11.9 Å². The van der Waals surface area contributed by atoms with Crippen molar-refractivity contribution < 1.29 is 9.84 Å². The Bertz CT molecular complexity index is 1320. The average molecular weight is 437 g/mol. The van der Waals surface area contributed by atoms with E-state index in [0.29, 0.717) is 17.3 Å². The standard InChI is InChI=1S/C29H28N2O2/c32-26-16-8-7-15-24(26)29-30-25(18-27(31-29)33-21-11-3-4-12-21)28-22-13-5-1-9-19(22)17-20-10-2-6-14-23(20)28/h1,5,7-9,13,15-18,21,32H,2-4,6,10-12,14H2. The van der Waals surface area contributed by atoms with Crippen LogP contribution in [0.2, 0.25) is 0 Å². The lowest BCUT2D eigenvalue weighted by molar-refractivity contribution is 0.201. The third kappa shape index (κ3) is 3.84. The molecule has 4 nitrogen and oxygen atoms in total. The molecule has 0 bridgehead atoms. The lowest BCUT2D eigenvalue weighted by atomic mass is 9.84. The largest absolute Gasteiger partial charge is 0.507 e. The van der Waals surface area contributed by atoms with E-state index in [1.165, 1.54) is 53.1 Å². The van der Waals surface area contributed by atoms with Crippen LogP contribution in [0.25, 0.3) is 33.4 Å². The van der Waals surface area contributed by atoms with E-state index in [1.807, 2.05) is 24.3 Å². The number of rotatable bonds is 4. The van der Waals surface area contributed by atoms with Crippen molar-refractivity contribution in [2.45, 2.75) is 57.5 Å². The van der Waals surface area contributed by atoms with Gasteiger partial charge in [0.2, 0.25) is 5.88 Å². The van der Waals surface area contributed by atoms with Gasteiger partial charge in [0.15, 0.2) is 5.82 Å². The molecule has 1 fully saturated rings. The van der Waals surface area contributed by atoms with Crippen LogP contribution >= 0.6 is 0 Å². The molecule has 2 aliphatic carbocycles. The molecule has 4 heteroatoms. The van der Waals surface area contributed by atoms with E-state index in [0.717, 1.165) is 31.4 Å². The molecule has 0 aliphatic heterocycles. The monoisotopic (exact) mass is 436 g/mol. The quantitative estimate of drug-likeness (QED) is 0.379. The Hall–Kier alpha value is -3.40. The predicted octanol–water partition coefficient (Wildman–Crippen LogP) is 6.87. The van der Waals surface area contributed by atoms with E-state index in [2.05, 4.69) is 30.3 Å². The molecule has 33 heavy (non-hydrogen) atoms. The average Bonchev–Trinajstić information content (AvgIpc) is 3.35. The van der Waals surface area contributed by atoms with Crippen molar-refractivity contribution in [2.24, 2.45) is 0 Å². The molecular weight excluding hydrogens is 408 g/mol. The first-order valence-corrected chi connectivity index (χ1v) is 12.1. The number of para-hydroxylation sites is 1. The van der Waals surface area contributed by atoms with Crippen molar-refractivity contribution in [2.75, 3.05) is 0 Å². The van der Waals surface area contributed by atoms with E-state index in [1.54, 1.807) is 6.07 Å². The van der Waals surface area contributed by atoms with Crippen molar-refractivity contribution in [3.63, 3.8) is 0 Å². The summed E-state index contributed by atoms with van der Waals surface area (Å²) in [6, 6.07) is 20.2. The first kappa shape index (κ1) is 20.2. The molecule has 166 valence electrons. The van der Waals surface area contributed by atoms with Crippen LogP contribution in [0.5, 0.6) is 11.6 Å². The molecule has 0 saturated heterocycles. The summed E-state index contributed by atoms with van der Waals surface area (Å²) in [7, 11) is 0. The zero-order chi connectivity index (χ0) is 22.2. The molecule has 2 aliphatic rings. The first-order valence-electron chi connectivity index (χ1n) is 12.1. The Morgan fingerprint density at radius 1 is 0.818 bits per heavy atom. The number of phenolic OH excluding ortho intramolecular Hbond substituents is 1. The van der Waals surface area contributed by atoms with Gasteiger partial charge in [0.25, 0.3) is 0 Å². The van der Waals surface area contributed by atoms with Crippen LogP contribution < -0.4 is 4.74 Å². The van der Waals surface area contributed by atoms with Gasteiger partial charge < -0.3 is 9.84 Å². The SMILES string of the molecule is Oc1ccccc1-c1nc(OC2CCCC2)cc(-c2c3c(cc4ccccc24)CCCC3)n1. The lowest BCUT2D eigenvalue weighted by Gasteiger charge is -2.22. The summed E-state index contributed by atoms with van der Waals surface area (Å²) < 4.78 is 6.36. The highest BCUT2D eigenvalue weighted by atomic mass is 16.5. The number of fused-ring (bicyclic) bond motifs is 2. The molecule has 0 atom stereocenters. The molecule has 1 heterocycles. The number of aromatic nitrogens is 2. The summed E-state index contributed by atoms with van der Waals surface area (Å²) in [4.78, 5) is 9.77. The van der Waals surface area contributed by atoms with Crippen LogP contribution in [0.1, 0.15) is 49.7 Å². The number of hydrogen-bond donors (Lipinski definition) is 1. The van der Waals surface area contributed by atoms with Crippen molar-refractivity contribution in [1.29, 1.82) is 0 Å². The van der Waals surface area contributed by atoms with Gasteiger partial charge in [-0.2, -0.15) is 4.98 Å². The second kappa shape index (κ2) is 8.51. The second-order valence-electron chi connectivity index (χ2n) is 9.27. The summed E-state index contributed by atoms with van der Waals surface area (Å²) >= 11 is 0. The fraction of sp³-hybridized carbons (Fsp3) is 0.310. The highest BCUT2D eigenvalue weighted by Crippen LogP contribution is 2.40. The molecule has 0 amide bonds. The summed E-state index contributed by atoms with van der Waals surface area (Å²) in [5.74, 6) is 1.29. The zero-order valence-corrected chi connectivity index (χ0v) is 18.8. The van der Waals surface area contributed by atoms with Crippen LogP contribution in [0.3, 0.4) is 0 Å². The molecule has 4 aromatic rings. The number of aryl methyl sites for hydroxylation is 1. The molecule has 0 spiro atoms. The molecule has 6 rings (SSSR count). The minimum atomic E-state index is 0.182. The van der Waals surface area contributed by atoms with Crippen LogP contribution in [0.15, 0.2) is 60.7 Å². The third-order valence-electron chi connectivity index (χ3n) is 7.07. The molecule has 1 saturated carbocycles. The van der Waals surface area contributed by atoms with Gasteiger partial charge in [-0.3, -0.25) is 0 Å². The van der Waals surface area contributed by atoms with Crippen LogP contribution in [0, 0.1) is 0 Å². The molecule has 1 N–H and O–H groups in total. The normalized spacial score (nSPS) is 16.1. The number of nitrogens with zero attached hydrogens (tertiary/aromatic N) is 2. The van der Waals surface area contributed by atoms with Gasteiger partial charge in [0.05, 0.1) is 11.3 Å². The predicted molar refractivity (Wildman–Crippen MR) is 132 cm³/mol. The van der Waals surface area contributed by atoms with E-state index in [4.69, 9.17) is 14.7 Å². The maximum Gasteiger partial charge on any atom is 0.217 e. The minimum Gasteiger partial charge on any atom is -0.507 e. The van der Waals surface area contributed by atoms with Gasteiger partial charge in [0.1, 0.15) is 11.9 Å². The van der Waals surface area contributed by atoms with Crippen LogP contribution in [-0.2, 0) is 12.8 Å². The van der Waals surface area contributed by atoms with E-state index >= 15 is 0 Å². The van der Waals surface area contributed by atoms with E-state index in [9.17, 15) is 5.11 Å². The Balaban J connectivity index is 1.58. The first-order chi connectivity index (χ1) is 16.3. The molecule has 0 radical (unpaired) electrons. The maximum absolute atomic E-state index is 10.5. The molecular formula is C29H28N2O2. The van der Waals surface area contributed by atoms with Gasteiger partial charge in [-0.05, 0) is 85.4 Å². The number of hydrogen-bond acceptors (Lipinski definition) is 4. The van der Waals surface area contributed by atoms with Gasteiger partial charge in [-0.15, -0.1) is 0 Å². The van der Waals surface area contributed by atoms with Gasteiger partial charge in [-0.1, -0.05) is 42.5 Å². The second-order valence-corrected chi connectivity index (χ2v) is 9.27. The lowest BCUT2D eigenvalue weighted by Crippen LogP contribution is -2.13. The summed E-state index contributed by atoms with van der Waals surface area (Å²) in [6.45, 7) is 0. The van der Waals surface area contributed by atoms with Gasteiger partial charge >= 0.3 is 0 Å². The van der Waals surface area contributed by atoms with Crippen LogP contribution in [0.4, 0.5) is 0 Å². The highest BCUT2D eigenvalue weighted by molar-refractivity contribution is 5.99. The minimum absolute atomic E-state index is 0.182. The summed E-state index contributed by atoms with van der Waals surface area (Å²) in [6.07, 6.45) is 9.32. The van der Waals surface area contributed by atoms with Gasteiger partial charge in [-0.25, -0.2) is 4.98 Å². The topological polar surface area (TPSA) is 55.2 Å². The summed E-state index contributed by atoms with van der Waals surface area (Å²) in [5, 5.41) is 13.0. The Kier molecular flexibility index (Phi) is 5.21. The van der Waals surface area contributed by atoms with Crippen molar-refractivity contribution in [3.8, 4) is 34.3 Å². The number of phenols is 1. The van der Waals surface area contributed by atoms with Crippen molar-refractivity contribution in [3.05, 3.63) is 71.8 Å². The number of benzene rings is 3. The van der Waals surface area contributed by atoms with Crippen molar-refractivity contribution >= 4 is 10.8 Å². The third-order valence-corrected chi connectivity index (χ3v) is 7.07. The molecule has 1 aromatic heterocycles. The highest BCUT2D eigenvalue weighted by Gasteiger charge is 2.23. The maximum atomic E-state index is 10.5. The smallest absolute Gasteiger partial charge is 0.217 e. The Labute approximate surface area is 194 Å². The Morgan fingerprint density at radius 3 is 2.48 bits per heavy atom. The fourth-order valence-electron chi connectivity index (χ4n) is 5.44. The zero-order valence-electron chi connectivity index (χ0n) is 18.8. The Morgan fingerprint density at radius 2 is 1.61 bits per heavy atom. The van der Waals surface area contributed by atoms with E-state index < -0.39 is 0 Å². The van der Waals surface area contributed by atoms with Gasteiger partial charge in [0, 0.05) is 11.6 Å². The van der Waals surface area contributed by atoms with Crippen LogP contribution in [-0.4, -0.2) is 21.2 Å². The number of ether oxygens (including phenoxy) is 1. The van der Waals surface area contributed by atoms with Crippen molar-refractivity contribution in [1.82, 2.24) is 9.97 Å². The molecule has 0 unspecified atom stereocenters. The number of aromatic hydroxyl groups is 1. The summed E-state index contributed by atoms with van der Waals surface area (Å²) in [5.41, 5.74) is 5.53. The molecule has 3 aromatic carbocycles.